The molecule has 0 saturated carbocycles. The molecule has 0 heterocycles. The zero-order chi connectivity index (χ0) is 18.1. The van der Waals surface area contributed by atoms with Crippen LogP contribution < -0.4 is 0 Å². The lowest BCUT2D eigenvalue weighted by atomic mass is 10.0. The predicted molar refractivity (Wildman–Crippen MR) is 105 cm³/mol. The molecule has 132 valence electrons. The van der Waals surface area contributed by atoms with Gasteiger partial charge in [0, 0.05) is 5.57 Å². The Balaban J connectivity index is 2.24. The molecule has 24 heavy (non-hydrogen) atoms. The van der Waals surface area contributed by atoms with Crippen LogP contribution in [0.1, 0.15) is 65.2 Å². The van der Waals surface area contributed by atoms with Crippen molar-refractivity contribution in [3.05, 3.63) is 41.0 Å². The van der Waals surface area contributed by atoms with Gasteiger partial charge >= 0.3 is 0 Å². The van der Waals surface area contributed by atoms with Crippen molar-refractivity contribution in [2.24, 2.45) is 0 Å². The maximum absolute atomic E-state index is 11.8. The topological polar surface area (TPSA) is 26.3 Å². The van der Waals surface area contributed by atoms with E-state index in [9.17, 15) is 4.79 Å². The van der Waals surface area contributed by atoms with Crippen molar-refractivity contribution in [1.29, 1.82) is 0 Å². The van der Waals surface area contributed by atoms with Crippen molar-refractivity contribution in [3.63, 3.8) is 0 Å². The summed E-state index contributed by atoms with van der Waals surface area (Å²) in [5.41, 5.74) is 6.16. The summed E-state index contributed by atoms with van der Waals surface area (Å²) < 4.78 is 6.69. The van der Waals surface area contributed by atoms with E-state index in [0.717, 1.165) is 17.6 Å². The average Bonchev–Trinajstić information content (AvgIpc) is 2.89. The largest absolute Gasteiger partial charge is 0.412 e. The molecule has 0 saturated heterocycles. The smallest absolute Gasteiger partial charge is 0.200 e. The standard InChI is InChI=1S/C21H32O2Si/c1-14(2)24(15(3)4,16(5)6)23-13-18-8-9-19-10-11-20(17(7)22)21(19)12-18/h8-9,11-12,14-16H,10,13H2,1-7H3. The van der Waals surface area contributed by atoms with Crippen LogP contribution in [0.5, 0.6) is 0 Å². The number of fused-ring (bicyclic) bond motifs is 1. The first-order valence-electron chi connectivity index (χ1n) is 9.17. The molecule has 0 aromatic heterocycles. The molecule has 0 atom stereocenters. The van der Waals surface area contributed by atoms with Gasteiger partial charge in [-0.1, -0.05) is 59.8 Å². The second-order valence-electron chi connectivity index (χ2n) is 7.98. The minimum Gasteiger partial charge on any atom is -0.412 e. The minimum atomic E-state index is -1.86. The molecule has 0 aliphatic heterocycles. The Morgan fingerprint density at radius 1 is 1.08 bits per heavy atom. The summed E-state index contributed by atoms with van der Waals surface area (Å²) in [5, 5.41) is 0. The van der Waals surface area contributed by atoms with Gasteiger partial charge in [0.2, 0.25) is 8.32 Å². The number of hydrogen-bond donors (Lipinski definition) is 0. The molecule has 0 radical (unpaired) electrons. The van der Waals surface area contributed by atoms with Gasteiger partial charge in [-0.05, 0) is 52.7 Å². The molecule has 3 heteroatoms. The Morgan fingerprint density at radius 2 is 1.67 bits per heavy atom. The van der Waals surface area contributed by atoms with E-state index in [-0.39, 0.29) is 5.78 Å². The van der Waals surface area contributed by atoms with E-state index in [0.29, 0.717) is 23.2 Å². The summed E-state index contributed by atoms with van der Waals surface area (Å²) >= 11 is 0. The van der Waals surface area contributed by atoms with Gasteiger partial charge in [0.05, 0.1) is 6.61 Å². The Bertz CT molecular complexity index is 619. The lowest BCUT2D eigenvalue weighted by Gasteiger charge is -2.42. The van der Waals surface area contributed by atoms with Crippen molar-refractivity contribution < 1.29 is 9.22 Å². The second-order valence-corrected chi connectivity index (χ2v) is 13.4. The van der Waals surface area contributed by atoms with Crippen LogP contribution in [0.25, 0.3) is 5.57 Å². The number of carbonyl (C=O) groups is 1. The van der Waals surface area contributed by atoms with Crippen molar-refractivity contribution in [2.45, 2.75) is 78.1 Å². The fraction of sp³-hybridized carbons (Fsp3) is 0.571. The van der Waals surface area contributed by atoms with Crippen LogP contribution in [0, 0.1) is 0 Å². The summed E-state index contributed by atoms with van der Waals surface area (Å²) in [4.78, 5) is 11.8. The zero-order valence-corrected chi connectivity index (χ0v) is 17.3. The molecule has 0 spiro atoms. The van der Waals surface area contributed by atoms with E-state index in [1.54, 1.807) is 6.92 Å². The Labute approximate surface area is 148 Å². The number of Topliss-reactive ketones (excluding diaryl/α,β-unsaturated/α-hetero) is 1. The van der Waals surface area contributed by atoms with Crippen LogP contribution in [0.3, 0.4) is 0 Å². The molecule has 1 aromatic carbocycles. The van der Waals surface area contributed by atoms with E-state index < -0.39 is 8.32 Å². The normalized spacial score (nSPS) is 14.5. The molecular formula is C21H32O2Si. The maximum atomic E-state index is 11.8. The van der Waals surface area contributed by atoms with Crippen molar-refractivity contribution in [3.8, 4) is 0 Å². The third-order valence-electron chi connectivity index (χ3n) is 5.57. The lowest BCUT2D eigenvalue weighted by molar-refractivity contribution is -0.111. The zero-order valence-electron chi connectivity index (χ0n) is 16.3. The monoisotopic (exact) mass is 344 g/mol. The van der Waals surface area contributed by atoms with E-state index in [4.69, 9.17) is 4.43 Å². The molecule has 1 aliphatic carbocycles. The average molecular weight is 345 g/mol. The van der Waals surface area contributed by atoms with Gasteiger partial charge in [0.1, 0.15) is 0 Å². The quantitative estimate of drug-likeness (QED) is 0.575. The van der Waals surface area contributed by atoms with Gasteiger partial charge in [-0.15, -0.1) is 0 Å². The highest BCUT2D eigenvalue weighted by atomic mass is 28.4. The summed E-state index contributed by atoms with van der Waals surface area (Å²) in [6, 6.07) is 6.48. The summed E-state index contributed by atoms with van der Waals surface area (Å²) in [5.74, 6) is 0.155. The van der Waals surface area contributed by atoms with Crippen LogP contribution in [0.15, 0.2) is 24.3 Å². The number of hydrogen-bond acceptors (Lipinski definition) is 2. The van der Waals surface area contributed by atoms with Gasteiger partial charge in [-0.3, -0.25) is 4.79 Å². The number of rotatable bonds is 7. The van der Waals surface area contributed by atoms with Crippen LogP contribution in [0.2, 0.25) is 16.6 Å². The lowest BCUT2D eigenvalue weighted by Crippen LogP contribution is -2.47. The van der Waals surface area contributed by atoms with E-state index >= 15 is 0 Å². The van der Waals surface area contributed by atoms with Crippen LogP contribution in [-0.4, -0.2) is 14.1 Å². The van der Waals surface area contributed by atoms with Gasteiger partial charge < -0.3 is 4.43 Å². The Hall–Kier alpha value is -1.19. The van der Waals surface area contributed by atoms with E-state index in [1.165, 1.54) is 11.1 Å². The summed E-state index contributed by atoms with van der Waals surface area (Å²) in [6.07, 6.45) is 2.92. The van der Waals surface area contributed by atoms with Gasteiger partial charge in [0.25, 0.3) is 0 Å². The highest BCUT2D eigenvalue weighted by Crippen LogP contribution is 2.43. The Morgan fingerprint density at radius 3 is 2.17 bits per heavy atom. The third kappa shape index (κ3) is 3.43. The summed E-state index contributed by atoms with van der Waals surface area (Å²) in [7, 11) is -1.86. The molecule has 0 N–H and O–H groups in total. The van der Waals surface area contributed by atoms with Crippen LogP contribution in [-0.2, 0) is 22.2 Å². The predicted octanol–water partition coefficient (Wildman–Crippen LogP) is 5.91. The van der Waals surface area contributed by atoms with Crippen LogP contribution >= 0.6 is 0 Å². The Kier molecular flexibility index (Phi) is 5.87. The first kappa shape index (κ1) is 19.1. The number of allylic oxidation sites excluding steroid dienone is 2. The molecule has 1 aromatic rings. The third-order valence-corrected chi connectivity index (χ3v) is 11.6. The fourth-order valence-corrected chi connectivity index (χ4v) is 9.92. The van der Waals surface area contributed by atoms with Gasteiger partial charge in [-0.25, -0.2) is 0 Å². The minimum absolute atomic E-state index is 0.155. The molecule has 1 aliphatic rings. The molecular weight excluding hydrogens is 312 g/mol. The van der Waals surface area contributed by atoms with Crippen molar-refractivity contribution in [2.75, 3.05) is 0 Å². The number of ketones is 1. The maximum Gasteiger partial charge on any atom is 0.200 e. The molecule has 0 unspecified atom stereocenters. The SMILES string of the molecule is CC(=O)C1=CCc2ccc(CO[Si](C(C)C)(C(C)C)C(C)C)cc21. The van der Waals surface area contributed by atoms with Gasteiger partial charge in [0.15, 0.2) is 5.78 Å². The van der Waals surface area contributed by atoms with Gasteiger partial charge in [-0.2, -0.15) is 0 Å². The van der Waals surface area contributed by atoms with Crippen LogP contribution in [0.4, 0.5) is 0 Å². The van der Waals surface area contributed by atoms with E-state index in [1.807, 2.05) is 6.08 Å². The van der Waals surface area contributed by atoms with Crippen molar-refractivity contribution >= 4 is 19.7 Å². The van der Waals surface area contributed by atoms with Crippen molar-refractivity contribution in [1.82, 2.24) is 0 Å². The van der Waals surface area contributed by atoms with E-state index in [2.05, 4.69) is 59.7 Å². The molecule has 0 bridgehead atoms. The highest BCUT2D eigenvalue weighted by Gasteiger charge is 2.44. The number of carbonyl (C=O) groups excluding carboxylic acids is 1. The fourth-order valence-electron chi connectivity index (χ4n) is 4.51. The first-order chi connectivity index (χ1) is 11.2. The summed E-state index contributed by atoms with van der Waals surface area (Å²) in [6.45, 7) is 16.2. The first-order valence-corrected chi connectivity index (χ1v) is 11.3. The highest BCUT2D eigenvalue weighted by molar-refractivity contribution is 6.77. The number of benzene rings is 1. The molecule has 2 rings (SSSR count). The molecule has 0 amide bonds. The molecule has 0 fully saturated rings. The second kappa shape index (κ2) is 7.36. The molecule has 2 nitrogen and oxygen atoms in total.